The van der Waals surface area contributed by atoms with E-state index >= 15 is 0 Å². The van der Waals surface area contributed by atoms with Crippen LogP contribution in [-0.4, -0.2) is 31.0 Å². The summed E-state index contributed by atoms with van der Waals surface area (Å²) < 4.78 is 11.1. The molecular formula is C15H21NO3. The van der Waals surface area contributed by atoms with Gasteiger partial charge in [0.1, 0.15) is 13.2 Å². The third-order valence-electron chi connectivity index (χ3n) is 3.99. The van der Waals surface area contributed by atoms with Crippen LogP contribution in [0.15, 0.2) is 18.2 Å². The summed E-state index contributed by atoms with van der Waals surface area (Å²) in [6.07, 6.45) is 1.79. The van der Waals surface area contributed by atoms with Gasteiger partial charge in [0.25, 0.3) is 0 Å². The van der Waals surface area contributed by atoms with Gasteiger partial charge in [-0.25, -0.2) is 0 Å². The molecule has 0 amide bonds. The number of fused-ring (bicyclic) bond motifs is 1. The molecule has 2 aliphatic rings. The van der Waals surface area contributed by atoms with Gasteiger partial charge in [0, 0.05) is 6.04 Å². The summed E-state index contributed by atoms with van der Waals surface area (Å²) in [7, 11) is 0. The van der Waals surface area contributed by atoms with E-state index in [1.165, 1.54) is 5.56 Å². The maximum Gasteiger partial charge on any atom is 0.161 e. The number of aliphatic hydroxyl groups excluding tert-OH is 1. The number of hydrogen-bond acceptors (Lipinski definition) is 4. The molecule has 4 heteroatoms. The molecule has 1 fully saturated rings. The van der Waals surface area contributed by atoms with Crippen LogP contribution in [0, 0.1) is 5.92 Å². The third kappa shape index (κ3) is 2.85. The second-order valence-electron chi connectivity index (χ2n) is 5.52. The molecule has 1 aromatic carbocycles. The highest BCUT2D eigenvalue weighted by Crippen LogP contribution is 2.33. The lowest BCUT2D eigenvalue weighted by Crippen LogP contribution is -2.37. The van der Waals surface area contributed by atoms with Gasteiger partial charge in [0.05, 0.1) is 6.10 Å². The quantitative estimate of drug-likeness (QED) is 0.871. The first-order valence-corrected chi connectivity index (χ1v) is 7.03. The molecule has 1 aromatic rings. The zero-order valence-electron chi connectivity index (χ0n) is 11.3. The summed E-state index contributed by atoms with van der Waals surface area (Å²) in [5, 5.41) is 12.8. The highest BCUT2D eigenvalue weighted by atomic mass is 16.6. The van der Waals surface area contributed by atoms with Crippen molar-refractivity contribution >= 4 is 0 Å². The van der Waals surface area contributed by atoms with E-state index in [0.717, 1.165) is 30.9 Å². The van der Waals surface area contributed by atoms with E-state index < -0.39 is 0 Å². The van der Waals surface area contributed by atoms with Gasteiger partial charge in [-0.2, -0.15) is 0 Å². The maximum atomic E-state index is 9.27. The molecule has 2 N–H and O–H groups in total. The van der Waals surface area contributed by atoms with E-state index in [4.69, 9.17) is 9.47 Å². The minimum atomic E-state index is -0.0728. The molecule has 0 saturated heterocycles. The van der Waals surface area contributed by atoms with Gasteiger partial charge < -0.3 is 19.9 Å². The molecule has 104 valence electrons. The van der Waals surface area contributed by atoms with E-state index in [1.807, 2.05) is 6.07 Å². The van der Waals surface area contributed by atoms with Crippen LogP contribution in [0.25, 0.3) is 0 Å². The van der Waals surface area contributed by atoms with Crippen molar-refractivity contribution in [2.24, 2.45) is 5.92 Å². The lowest BCUT2D eigenvalue weighted by atomic mass is 9.82. The number of benzene rings is 1. The minimum Gasteiger partial charge on any atom is -0.486 e. The third-order valence-corrected chi connectivity index (χ3v) is 3.99. The summed E-state index contributed by atoms with van der Waals surface area (Å²) in [6, 6.07) is 6.41. The number of aliphatic hydroxyl groups is 1. The Morgan fingerprint density at radius 3 is 2.74 bits per heavy atom. The molecule has 1 unspecified atom stereocenters. The molecule has 1 aliphatic heterocycles. The largest absolute Gasteiger partial charge is 0.486 e. The Balaban J connectivity index is 1.58. The average molecular weight is 263 g/mol. The monoisotopic (exact) mass is 263 g/mol. The fraction of sp³-hybridized carbons (Fsp3) is 0.600. The molecule has 19 heavy (non-hydrogen) atoms. The number of hydrogen-bond donors (Lipinski definition) is 2. The van der Waals surface area contributed by atoms with Gasteiger partial charge in [-0.3, -0.25) is 0 Å². The zero-order valence-corrected chi connectivity index (χ0v) is 11.3. The van der Waals surface area contributed by atoms with Crippen molar-refractivity contribution in [3.63, 3.8) is 0 Å². The first kappa shape index (κ1) is 12.8. The Bertz CT molecular complexity index is 443. The fourth-order valence-corrected chi connectivity index (χ4v) is 2.66. The molecule has 1 heterocycles. The lowest BCUT2D eigenvalue weighted by Gasteiger charge is -2.32. The van der Waals surface area contributed by atoms with Gasteiger partial charge in [0.2, 0.25) is 0 Å². The summed E-state index contributed by atoms with van der Waals surface area (Å²) in [5.41, 5.74) is 1.21. The van der Waals surface area contributed by atoms with Crippen molar-refractivity contribution in [3.8, 4) is 11.5 Å². The summed E-state index contributed by atoms with van der Waals surface area (Å²) in [6.45, 7) is 4.37. The number of ether oxygens (including phenoxy) is 2. The van der Waals surface area contributed by atoms with E-state index in [2.05, 4.69) is 24.4 Å². The van der Waals surface area contributed by atoms with Crippen molar-refractivity contribution < 1.29 is 14.6 Å². The van der Waals surface area contributed by atoms with E-state index in [9.17, 15) is 5.11 Å². The Morgan fingerprint density at radius 1 is 1.26 bits per heavy atom. The van der Waals surface area contributed by atoms with Crippen molar-refractivity contribution in [2.75, 3.05) is 19.8 Å². The molecule has 1 aliphatic carbocycles. The van der Waals surface area contributed by atoms with Crippen LogP contribution in [0.3, 0.4) is 0 Å². The van der Waals surface area contributed by atoms with Gasteiger partial charge in [0.15, 0.2) is 11.5 Å². The SMILES string of the molecule is CC(NCC1CC(O)C1)c1ccc2c(c1)OCCO2. The average Bonchev–Trinajstić information content (AvgIpc) is 2.41. The second kappa shape index (κ2) is 5.39. The summed E-state index contributed by atoms with van der Waals surface area (Å²) in [4.78, 5) is 0. The van der Waals surface area contributed by atoms with Crippen molar-refractivity contribution in [1.29, 1.82) is 0 Å². The Kier molecular flexibility index (Phi) is 3.62. The summed E-state index contributed by atoms with van der Waals surface area (Å²) in [5.74, 6) is 2.30. The van der Waals surface area contributed by atoms with Gasteiger partial charge in [-0.05, 0) is 49.9 Å². The Morgan fingerprint density at radius 2 is 2.00 bits per heavy atom. The molecule has 0 bridgehead atoms. The highest BCUT2D eigenvalue weighted by Gasteiger charge is 2.27. The normalized spacial score (nSPS) is 26.6. The van der Waals surface area contributed by atoms with Crippen LogP contribution in [0.4, 0.5) is 0 Å². The lowest BCUT2D eigenvalue weighted by molar-refractivity contribution is 0.0420. The first-order valence-electron chi connectivity index (χ1n) is 7.03. The van der Waals surface area contributed by atoms with Crippen molar-refractivity contribution in [2.45, 2.75) is 31.9 Å². The van der Waals surface area contributed by atoms with Gasteiger partial charge >= 0.3 is 0 Å². The van der Waals surface area contributed by atoms with Crippen LogP contribution in [0.2, 0.25) is 0 Å². The summed E-state index contributed by atoms with van der Waals surface area (Å²) >= 11 is 0. The minimum absolute atomic E-state index is 0.0728. The molecule has 1 atom stereocenters. The molecule has 0 spiro atoms. The first-order chi connectivity index (χ1) is 9.22. The topological polar surface area (TPSA) is 50.7 Å². The van der Waals surface area contributed by atoms with Gasteiger partial charge in [-0.1, -0.05) is 6.07 Å². The second-order valence-corrected chi connectivity index (χ2v) is 5.52. The maximum absolute atomic E-state index is 9.27. The van der Waals surface area contributed by atoms with Crippen LogP contribution in [0.1, 0.15) is 31.4 Å². The smallest absolute Gasteiger partial charge is 0.161 e. The van der Waals surface area contributed by atoms with Crippen LogP contribution in [0.5, 0.6) is 11.5 Å². The number of nitrogens with one attached hydrogen (secondary N) is 1. The Hall–Kier alpha value is -1.26. The van der Waals surface area contributed by atoms with Crippen molar-refractivity contribution in [1.82, 2.24) is 5.32 Å². The molecule has 1 saturated carbocycles. The van der Waals surface area contributed by atoms with Crippen molar-refractivity contribution in [3.05, 3.63) is 23.8 Å². The molecule has 0 aromatic heterocycles. The molecule has 3 rings (SSSR count). The fourth-order valence-electron chi connectivity index (χ4n) is 2.66. The molecular weight excluding hydrogens is 242 g/mol. The van der Waals surface area contributed by atoms with E-state index in [-0.39, 0.29) is 12.1 Å². The highest BCUT2D eigenvalue weighted by molar-refractivity contribution is 5.44. The van der Waals surface area contributed by atoms with Crippen LogP contribution in [-0.2, 0) is 0 Å². The van der Waals surface area contributed by atoms with E-state index in [1.54, 1.807) is 0 Å². The molecule has 4 nitrogen and oxygen atoms in total. The van der Waals surface area contributed by atoms with E-state index in [0.29, 0.717) is 19.1 Å². The number of rotatable bonds is 4. The predicted octanol–water partition coefficient (Wildman–Crippen LogP) is 1.88. The standard InChI is InChI=1S/C15H21NO3/c1-10(16-9-11-6-13(17)7-11)12-2-3-14-15(8-12)19-5-4-18-14/h2-3,8,10-11,13,16-17H,4-7,9H2,1H3. The zero-order chi connectivity index (χ0) is 13.2. The van der Waals surface area contributed by atoms with Crippen LogP contribution >= 0.6 is 0 Å². The predicted molar refractivity (Wildman–Crippen MR) is 72.6 cm³/mol. The van der Waals surface area contributed by atoms with Gasteiger partial charge in [-0.15, -0.1) is 0 Å². The molecule has 0 radical (unpaired) electrons. The Labute approximate surface area is 113 Å². The van der Waals surface area contributed by atoms with Crippen LogP contribution < -0.4 is 14.8 Å².